The Hall–Kier alpha value is -3.15. The second kappa shape index (κ2) is 63.4. The molecule has 0 aromatic heterocycles. The van der Waals surface area contributed by atoms with Crippen molar-refractivity contribution in [1.29, 1.82) is 0 Å². The molecule has 0 rings (SSSR count). The average molecular weight is 1050 g/mol. The maximum atomic E-state index is 12.9. The van der Waals surface area contributed by atoms with Gasteiger partial charge >= 0.3 is 17.9 Å². The summed E-state index contributed by atoms with van der Waals surface area (Å²) < 4.78 is 16.9. The Labute approximate surface area is 465 Å². The van der Waals surface area contributed by atoms with Gasteiger partial charge in [-0.2, -0.15) is 0 Å². The number of hydrogen-bond acceptors (Lipinski definition) is 6. The molecule has 75 heavy (non-hydrogen) atoms. The molecule has 0 aliphatic heterocycles. The zero-order valence-electron chi connectivity index (χ0n) is 49.8. The lowest BCUT2D eigenvalue weighted by molar-refractivity contribution is -0.167. The van der Waals surface area contributed by atoms with Gasteiger partial charge in [-0.25, -0.2) is 0 Å². The Morgan fingerprint density at radius 2 is 0.533 bits per heavy atom. The Kier molecular flexibility index (Phi) is 60.7. The minimum Gasteiger partial charge on any atom is -0.462 e. The lowest BCUT2D eigenvalue weighted by atomic mass is 10.0. The number of ether oxygens (including phenoxy) is 3. The molecule has 1 unspecified atom stereocenters. The third kappa shape index (κ3) is 61.6. The molecule has 0 aromatic carbocycles. The zero-order valence-corrected chi connectivity index (χ0v) is 49.8. The quantitative estimate of drug-likeness (QED) is 0.0261. The normalized spacial score (nSPS) is 12.5. The maximum Gasteiger partial charge on any atom is 0.306 e. The van der Waals surface area contributed by atoms with Crippen molar-refractivity contribution < 1.29 is 28.6 Å². The van der Waals surface area contributed by atoms with Crippen LogP contribution >= 0.6 is 0 Å². The molecule has 0 radical (unpaired) electrons. The Balaban J connectivity index is 4.12. The van der Waals surface area contributed by atoms with Crippen LogP contribution in [-0.2, 0) is 28.6 Å². The summed E-state index contributed by atoms with van der Waals surface area (Å²) in [6.45, 7) is 6.50. The summed E-state index contributed by atoms with van der Waals surface area (Å²) >= 11 is 0. The van der Waals surface area contributed by atoms with E-state index in [1.165, 1.54) is 186 Å². The van der Waals surface area contributed by atoms with Gasteiger partial charge in [0.05, 0.1) is 0 Å². The molecule has 0 heterocycles. The molecular weight excluding hydrogens is 925 g/mol. The second-order valence-corrected chi connectivity index (χ2v) is 21.6. The molecule has 6 nitrogen and oxygen atoms in total. The van der Waals surface area contributed by atoms with Crippen molar-refractivity contribution in [3.63, 3.8) is 0 Å². The van der Waals surface area contributed by atoms with Gasteiger partial charge in [0.25, 0.3) is 0 Å². The summed E-state index contributed by atoms with van der Waals surface area (Å²) in [5.74, 6) is -0.882. The monoisotopic (exact) mass is 1050 g/mol. The van der Waals surface area contributed by atoms with Crippen molar-refractivity contribution in [3.8, 4) is 0 Å². The molecule has 0 aromatic rings. The van der Waals surface area contributed by atoms with Gasteiger partial charge in [-0.3, -0.25) is 14.4 Å². The van der Waals surface area contributed by atoms with Crippen molar-refractivity contribution in [1.82, 2.24) is 0 Å². The smallest absolute Gasteiger partial charge is 0.306 e. The fraction of sp³-hybridized carbons (Fsp3) is 0.783. The summed E-state index contributed by atoms with van der Waals surface area (Å²) in [4.78, 5) is 38.2. The molecule has 0 aliphatic rings. The van der Waals surface area contributed by atoms with Crippen LogP contribution in [0.3, 0.4) is 0 Å². The predicted octanol–water partition coefficient (Wildman–Crippen LogP) is 22.1. The molecule has 6 heteroatoms. The van der Waals surface area contributed by atoms with Crippen LogP contribution in [0.1, 0.15) is 329 Å². The highest BCUT2D eigenvalue weighted by Crippen LogP contribution is 2.17. The topological polar surface area (TPSA) is 78.9 Å². The van der Waals surface area contributed by atoms with E-state index in [1.807, 2.05) is 0 Å². The molecule has 0 bridgehead atoms. The van der Waals surface area contributed by atoms with E-state index in [0.29, 0.717) is 19.3 Å². The first kappa shape index (κ1) is 71.8. The summed E-state index contributed by atoms with van der Waals surface area (Å²) in [6.07, 6.45) is 82.1. The van der Waals surface area contributed by atoms with E-state index in [9.17, 15) is 14.4 Å². The predicted molar refractivity (Wildman–Crippen MR) is 325 cm³/mol. The molecule has 0 N–H and O–H groups in total. The van der Waals surface area contributed by atoms with Crippen LogP contribution in [0.25, 0.3) is 0 Å². The number of allylic oxidation sites excluding steroid dienone is 12. The Morgan fingerprint density at radius 1 is 0.280 bits per heavy atom. The molecule has 0 saturated heterocycles. The van der Waals surface area contributed by atoms with Gasteiger partial charge in [-0.15, -0.1) is 0 Å². The van der Waals surface area contributed by atoms with Gasteiger partial charge in [-0.1, -0.05) is 280 Å². The average Bonchev–Trinajstić information content (AvgIpc) is 3.41. The van der Waals surface area contributed by atoms with Crippen molar-refractivity contribution in [2.75, 3.05) is 13.2 Å². The molecule has 0 fully saturated rings. The number of rotatable bonds is 59. The highest BCUT2D eigenvalue weighted by molar-refractivity contribution is 5.71. The number of carbonyl (C=O) groups excluding carboxylic acids is 3. The van der Waals surface area contributed by atoms with Crippen LogP contribution in [0.15, 0.2) is 72.9 Å². The first-order valence-corrected chi connectivity index (χ1v) is 32.4. The van der Waals surface area contributed by atoms with Crippen LogP contribution in [0, 0.1) is 0 Å². The molecule has 1 atom stereocenters. The van der Waals surface area contributed by atoms with Gasteiger partial charge in [0.1, 0.15) is 13.2 Å². The summed E-state index contributed by atoms with van der Waals surface area (Å²) in [5, 5.41) is 0. The van der Waals surface area contributed by atoms with Gasteiger partial charge in [-0.05, 0) is 103 Å². The van der Waals surface area contributed by atoms with Gasteiger partial charge in [0.2, 0.25) is 0 Å². The minimum atomic E-state index is -0.780. The molecule has 0 amide bonds. The third-order valence-corrected chi connectivity index (χ3v) is 14.2. The minimum absolute atomic E-state index is 0.0776. The third-order valence-electron chi connectivity index (χ3n) is 14.2. The van der Waals surface area contributed by atoms with Gasteiger partial charge in [0, 0.05) is 19.3 Å². The van der Waals surface area contributed by atoms with E-state index in [0.717, 1.165) is 103 Å². The molecule has 0 aliphatic carbocycles. The molecule has 434 valence electrons. The Bertz CT molecular complexity index is 1390. The lowest BCUT2D eigenvalue weighted by Crippen LogP contribution is -2.30. The van der Waals surface area contributed by atoms with E-state index in [4.69, 9.17) is 14.2 Å². The molecular formula is C69H122O6. The number of carbonyl (C=O) groups is 3. The Morgan fingerprint density at radius 3 is 0.867 bits per heavy atom. The molecule has 0 saturated carbocycles. The summed E-state index contributed by atoms with van der Waals surface area (Å²) in [7, 11) is 0. The van der Waals surface area contributed by atoms with E-state index >= 15 is 0 Å². The number of unbranched alkanes of at least 4 members (excludes halogenated alkanes) is 36. The summed E-state index contributed by atoms with van der Waals surface area (Å²) in [6, 6.07) is 0. The first-order chi connectivity index (χ1) is 37.0. The number of esters is 3. The van der Waals surface area contributed by atoms with E-state index in [2.05, 4.69) is 93.7 Å². The highest BCUT2D eigenvalue weighted by Gasteiger charge is 2.19. The van der Waals surface area contributed by atoms with Crippen molar-refractivity contribution in [2.45, 2.75) is 335 Å². The molecule has 0 spiro atoms. The fourth-order valence-corrected chi connectivity index (χ4v) is 9.29. The van der Waals surface area contributed by atoms with Crippen LogP contribution in [0.4, 0.5) is 0 Å². The van der Waals surface area contributed by atoms with E-state index in [-0.39, 0.29) is 31.1 Å². The largest absolute Gasteiger partial charge is 0.462 e. The van der Waals surface area contributed by atoms with Crippen molar-refractivity contribution in [2.24, 2.45) is 0 Å². The van der Waals surface area contributed by atoms with E-state index in [1.54, 1.807) is 0 Å². The second-order valence-electron chi connectivity index (χ2n) is 21.6. The van der Waals surface area contributed by atoms with Gasteiger partial charge < -0.3 is 14.2 Å². The van der Waals surface area contributed by atoms with Crippen molar-refractivity contribution >= 4 is 17.9 Å². The van der Waals surface area contributed by atoms with E-state index < -0.39 is 6.10 Å². The van der Waals surface area contributed by atoms with Crippen molar-refractivity contribution in [3.05, 3.63) is 72.9 Å². The van der Waals surface area contributed by atoms with Gasteiger partial charge in [0.15, 0.2) is 6.10 Å². The van der Waals surface area contributed by atoms with Crippen LogP contribution < -0.4 is 0 Å². The number of hydrogen-bond donors (Lipinski definition) is 0. The van der Waals surface area contributed by atoms with Crippen LogP contribution in [0.2, 0.25) is 0 Å². The lowest BCUT2D eigenvalue weighted by Gasteiger charge is -2.18. The first-order valence-electron chi connectivity index (χ1n) is 32.4. The fourth-order valence-electron chi connectivity index (χ4n) is 9.29. The zero-order chi connectivity index (χ0) is 54.3. The summed E-state index contributed by atoms with van der Waals surface area (Å²) in [5.41, 5.74) is 0. The van der Waals surface area contributed by atoms with Crippen LogP contribution in [0.5, 0.6) is 0 Å². The maximum absolute atomic E-state index is 12.9. The highest BCUT2D eigenvalue weighted by atomic mass is 16.6. The SMILES string of the molecule is CC/C=C\C/C=C\C/C=C\C/C=C\CCCCCCCCCCCCCCCCCCCCC(=O)OCC(COC(=O)CCCCCCC/C=C\CCCC)OC(=O)CCCCCCC/C=C\CCCCCCCC. The standard InChI is InChI=1S/C69H122O6/c1-4-7-10-13-16-19-22-24-26-27-28-29-30-31-32-33-34-35-36-37-38-39-40-41-43-44-47-50-53-56-59-62-68(71)74-65-66(64-73-67(70)61-58-55-52-49-46-21-18-15-12-9-6-3)75-69(72)63-60-57-54-51-48-45-42-25-23-20-17-14-11-8-5-2/h7,10,15-16,18-19,24-26,28-29,42,66H,4-6,8-9,11-14,17,20-23,27,30-41,43-65H2,1-3H3/b10-7-,18-15-,19-16-,26-24-,29-28-,42-25-. The van der Waals surface area contributed by atoms with Crippen LogP contribution in [-0.4, -0.2) is 37.2 Å².